The van der Waals surface area contributed by atoms with Gasteiger partial charge in [0, 0.05) is 24.6 Å². The number of fused-ring (bicyclic) bond motifs is 1. The summed E-state index contributed by atoms with van der Waals surface area (Å²) in [5.41, 5.74) is 0.531. The number of carbonyl (C=O) groups excluding carboxylic acids is 1. The van der Waals surface area contributed by atoms with Crippen LogP contribution in [0.2, 0.25) is 0 Å². The molecule has 3 aromatic heterocycles. The van der Waals surface area contributed by atoms with Gasteiger partial charge in [0.15, 0.2) is 17.4 Å². The summed E-state index contributed by atoms with van der Waals surface area (Å²) in [6.45, 7) is 2.90. The van der Waals surface area contributed by atoms with Crippen LogP contribution in [0.4, 0.5) is 5.95 Å². The third-order valence-electron chi connectivity index (χ3n) is 10.5. The van der Waals surface area contributed by atoms with E-state index < -0.39 is 50.0 Å². The number of rotatable bonds is 17. The Morgan fingerprint density at radius 3 is 2.20 bits per heavy atom. The number of nitrogens with zero attached hydrogens (tertiary/aromatic N) is 4. The predicted octanol–water partition coefficient (Wildman–Crippen LogP) is 5.20. The maximum Gasteiger partial charge on any atom is 0.280 e. The van der Waals surface area contributed by atoms with Crippen LogP contribution in [0.1, 0.15) is 55.3 Å². The molecule has 0 spiro atoms. The van der Waals surface area contributed by atoms with Crippen molar-refractivity contribution in [3.63, 3.8) is 0 Å². The van der Waals surface area contributed by atoms with Crippen molar-refractivity contribution in [2.45, 2.75) is 57.3 Å². The van der Waals surface area contributed by atoms with E-state index in [9.17, 15) is 24.3 Å². The number of methoxy groups -OCH3 is 3. The molecule has 0 bridgehead atoms. The molecule has 0 aliphatic carbocycles. The van der Waals surface area contributed by atoms with E-state index in [1.807, 2.05) is 78.9 Å². The van der Waals surface area contributed by atoms with Gasteiger partial charge in [-0.2, -0.15) is 9.71 Å². The number of imidazole rings is 1. The number of anilines is 1. The average Bonchev–Trinajstić information content (AvgIpc) is 3.89. The van der Waals surface area contributed by atoms with Gasteiger partial charge in [0.05, 0.1) is 45.9 Å². The van der Waals surface area contributed by atoms with Crippen molar-refractivity contribution in [1.82, 2.24) is 19.5 Å². The van der Waals surface area contributed by atoms with E-state index >= 15 is 0 Å². The van der Waals surface area contributed by atoms with Crippen LogP contribution in [0.15, 0.2) is 108 Å². The smallest absolute Gasteiger partial charge is 0.280 e. The van der Waals surface area contributed by atoms with Crippen molar-refractivity contribution in [2.75, 3.05) is 32.8 Å². The number of amides is 1. The Morgan fingerprint density at radius 1 is 0.967 bits per heavy atom. The van der Waals surface area contributed by atoms with E-state index in [1.54, 1.807) is 32.6 Å². The van der Waals surface area contributed by atoms with Crippen LogP contribution in [-0.4, -0.2) is 65.1 Å². The van der Waals surface area contributed by atoms with E-state index in [-0.39, 0.29) is 47.5 Å². The minimum Gasteiger partial charge on any atom is -0.778 e. The number of hydrogen-bond acceptors (Lipinski definition) is 13. The van der Waals surface area contributed by atoms with Gasteiger partial charge in [-0.3, -0.25) is 24.5 Å². The van der Waals surface area contributed by atoms with Crippen molar-refractivity contribution >= 4 is 30.6 Å². The fourth-order valence-electron chi connectivity index (χ4n) is 7.22. The summed E-state index contributed by atoms with van der Waals surface area (Å²) in [5.74, 6) is 0.816. The maximum absolute atomic E-state index is 13.5. The lowest BCUT2D eigenvalue weighted by molar-refractivity contribution is -0.616. The number of H-pyrrole nitrogens is 1. The van der Waals surface area contributed by atoms with Crippen LogP contribution < -0.4 is 34.7 Å². The van der Waals surface area contributed by atoms with Gasteiger partial charge in [-0.05, 0) is 47.4 Å². The summed E-state index contributed by atoms with van der Waals surface area (Å²) in [5, 5.41) is 15.1. The molecule has 2 N–H and O–H groups in total. The standard InChI is InChI=1S/C43H47N6O11P/c1-27(2)40(50)46-42-45-39-38(41(51)47-42)44-26-48(39)37-24-36(35(59-37)20-22-61(53,54)58-25-31-23-34(57-5)19-21-49(31)52)60-43(28-9-7-6-8-10-28,29-11-15-32(55-3)16-12-29)30-13-17-33(56-4)18-14-30/h6-19,21,23,26-27,35-37H,20,22,24-25H2,1-5H3,(H,53,54)(H2,45,46,47,50,51)/p-1/t35-,36+,37-/m1/s1. The molecule has 3 aromatic carbocycles. The summed E-state index contributed by atoms with van der Waals surface area (Å²) in [6, 6.07) is 27.4. The molecule has 7 rings (SSSR count). The Labute approximate surface area is 351 Å². The third-order valence-corrected chi connectivity index (χ3v) is 11.8. The first kappa shape index (κ1) is 43.0. The molecular formula is C43H46N6O11P-. The van der Waals surface area contributed by atoms with Gasteiger partial charge in [-0.15, -0.1) is 0 Å². The molecule has 1 aliphatic rings. The fourth-order valence-corrected chi connectivity index (χ4v) is 8.25. The summed E-state index contributed by atoms with van der Waals surface area (Å²) in [4.78, 5) is 50.7. The number of aromatic nitrogens is 5. The summed E-state index contributed by atoms with van der Waals surface area (Å²) >= 11 is 0. The molecule has 6 aromatic rings. The van der Waals surface area contributed by atoms with Crippen molar-refractivity contribution in [3.8, 4) is 17.2 Å². The molecule has 1 fully saturated rings. The zero-order valence-electron chi connectivity index (χ0n) is 34.2. The number of benzene rings is 3. The van der Waals surface area contributed by atoms with E-state index in [4.69, 9.17) is 28.2 Å². The molecule has 0 saturated carbocycles. The summed E-state index contributed by atoms with van der Waals surface area (Å²) in [7, 11) is -0.00843. The van der Waals surface area contributed by atoms with Crippen molar-refractivity contribution in [2.24, 2.45) is 5.92 Å². The van der Waals surface area contributed by atoms with Crippen LogP contribution >= 0.6 is 7.60 Å². The number of ether oxygens (including phenoxy) is 5. The Bertz CT molecular complexity index is 2520. The highest BCUT2D eigenvalue weighted by atomic mass is 31.2. The second-order valence-electron chi connectivity index (χ2n) is 14.7. The quantitative estimate of drug-likeness (QED) is 0.0523. The molecule has 61 heavy (non-hydrogen) atoms. The minimum absolute atomic E-state index is 0.00720. The summed E-state index contributed by atoms with van der Waals surface area (Å²) < 4.78 is 51.3. The lowest BCUT2D eigenvalue weighted by Crippen LogP contribution is -2.40. The van der Waals surface area contributed by atoms with Crippen LogP contribution in [0.5, 0.6) is 17.2 Å². The second kappa shape index (κ2) is 18.3. The highest BCUT2D eigenvalue weighted by Gasteiger charge is 2.46. The van der Waals surface area contributed by atoms with E-state index in [1.165, 1.54) is 31.8 Å². The molecule has 0 radical (unpaired) electrons. The van der Waals surface area contributed by atoms with Crippen molar-refractivity contribution < 1.29 is 47.2 Å². The molecule has 17 nitrogen and oxygen atoms in total. The number of hydrogen-bond donors (Lipinski definition) is 2. The minimum atomic E-state index is -4.60. The van der Waals surface area contributed by atoms with Gasteiger partial charge < -0.3 is 42.9 Å². The topological polar surface area (TPSA) is 215 Å². The van der Waals surface area contributed by atoms with E-state index in [0.29, 0.717) is 22.0 Å². The fraction of sp³-hybridized carbons (Fsp3) is 0.326. The molecular weight excluding hydrogens is 807 g/mol. The maximum atomic E-state index is 13.5. The van der Waals surface area contributed by atoms with Crippen LogP contribution in [0.3, 0.4) is 0 Å². The van der Waals surface area contributed by atoms with Crippen LogP contribution in [0, 0.1) is 11.1 Å². The number of carbonyl (C=O) groups is 1. The van der Waals surface area contributed by atoms with Crippen molar-refractivity contribution in [1.29, 1.82) is 0 Å². The highest BCUT2D eigenvalue weighted by Crippen LogP contribution is 2.48. The van der Waals surface area contributed by atoms with Crippen molar-refractivity contribution in [3.05, 3.63) is 141 Å². The zero-order valence-corrected chi connectivity index (χ0v) is 35.1. The van der Waals surface area contributed by atoms with E-state index in [2.05, 4.69) is 20.3 Å². The van der Waals surface area contributed by atoms with Crippen LogP contribution in [0.25, 0.3) is 11.2 Å². The molecule has 320 valence electrons. The van der Waals surface area contributed by atoms with E-state index in [0.717, 1.165) is 16.7 Å². The van der Waals surface area contributed by atoms with Gasteiger partial charge in [-0.1, -0.05) is 68.4 Å². The molecule has 1 aliphatic heterocycles. The summed E-state index contributed by atoms with van der Waals surface area (Å²) in [6.07, 6.45) is -0.400. The largest absolute Gasteiger partial charge is 0.778 e. The lowest BCUT2D eigenvalue weighted by Gasteiger charge is -2.39. The SMILES string of the molecule is COc1ccc(C(O[C@H]2C[C@H](n3cnc4c(=O)[nH]c(NC(=O)C(C)C)nc43)O[C@@H]2CCP(=O)([O-])OCc2cc(OC)cc[n+]2[O-])(c2ccccc2)c2ccc(OC)cc2)cc1. The molecule has 1 unspecified atom stereocenters. The molecule has 18 heteroatoms. The first-order chi connectivity index (χ1) is 29.3. The third kappa shape index (κ3) is 9.31. The Morgan fingerprint density at radius 2 is 1.59 bits per heavy atom. The molecule has 1 saturated heterocycles. The molecule has 1 amide bonds. The van der Waals surface area contributed by atoms with Gasteiger partial charge in [0.2, 0.25) is 17.5 Å². The normalized spacial score (nSPS) is 17.6. The highest BCUT2D eigenvalue weighted by molar-refractivity contribution is 7.51. The Balaban J connectivity index is 1.29. The average molecular weight is 854 g/mol. The Hall–Kier alpha value is -6.10. The number of pyridine rings is 1. The number of nitrogens with one attached hydrogen (secondary N) is 2. The molecule has 4 heterocycles. The second-order valence-corrected chi connectivity index (χ2v) is 16.6. The van der Waals surface area contributed by atoms with Crippen LogP contribution in [-0.2, 0) is 35.6 Å². The van der Waals surface area contributed by atoms with Gasteiger partial charge in [0.25, 0.3) is 5.56 Å². The molecule has 4 atom stereocenters. The number of aromatic amines is 1. The lowest BCUT2D eigenvalue weighted by atomic mass is 9.79. The zero-order chi connectivity index (χ0) is 43.3. The van der Waals surface area contributed by atoms with Gasteiger partial charge in [-0.25, -0.2) is 4.98 Å². The Kier molecular flexibility index (Phi) is 12.9. The van der Waals surface area contributed by atoms with Gasteiger partial charge in [0.1, 0.15) is 43.3 Å². The first-order valence-electron chi connectivity index (χ1n) is 19.5. The van der Waals surface area contributed by atoms with Gasteiger partial charge >= 0.3 is 0 Å². The monoisotopic (exact) mass is 853 g/mol. The predicted molar refractivity (Wildman–Crippen MR) is 221 cm³/mol. The first-order valence-corrected chi connectivity index (χ1v) is 21.2.